The number of carbonyl (C=O) groups is 1. The monoisotopic (exact) mass is 432 g/mol. The minimum absolute atomic E-state index is 0.0330. The van der Waals surface area contributed by atoms with Gasteiger partial charge in [0.2, 0.25) is 0 Å². The highest BCUT2D eigenvalue weighted by molar-refractivity contribution is 5.85. The molecule has 0 amide bonds. The maximum Gasteiger partial charge on any atom is 0.323 e. The standard InChI is InChI=1S/C26H28N2O4/c1-26(2,3)32-25(29)22(27)17-20-15-10-16-21(24(20)28(30)31)23(18-11-6-4-7-12-18)19-13-8-5-9-14-19/h4-16,22,24H,17,27H2,1-3H3. The van der Waals surface area contributed by atoms with Crippen LogP contribution in [0.3, 0.4) is 0 Å². The van der Waals surface area contributed by atoms with E-state index in [1.165, 1.54) is 0 Å². The lowest BCUT2D eigenvalue weighted by molar-refractivity contribution is -0.501. The van der Waals surface area contributed by atoms with Crippen molar-refractivity contribution in [2.24, 2.45) is 5.73 Å². The number of nitrogens with zero attached hydrogens (tertiary/aromatic N) is 1. The fraction of sp³-hybridized carbons (Fsp3) is 0.269. The zero-order chi connectivity index (χ0) is 23.3. The quantitative estimate of drug-likeness (QED) is 0.406. The Hall–Kier alpha value is -3.51. The van der Waals surface area contributed by atoms with Crippen molar-refractivity contribution in [3.8, 4) is 0 Å². The van der Waals surface area contributed by atoms with Crippen LogP contribution >= 0.6 is 0 Å². The first kappa shape index (κ1) is 23.2. The average molecular weight is 433 g/mol. The third-order valence-corrected chi connectivity index (χ3v) is 5.02. The second kappa shape index (κ2) is 9.75. The Morgan fingerprint density at radius 3 is 2.06 bits per heavy atom. The number of carbonyl (C=O) groups excluding carboxylic acids is 1. The van der Waals surface area contributed by atoms with Gasteiger partial charge in [0.25, 0.3) is 6.04 Å². The largest absolute Gasteiger partial charge is 0.459 e. The predicted molar refractivity (Wildman–Crippen MR) is 125 cm³/mol. The van der Waals surface area contributed by atoms with E-state index in [2.05, 4.69) is 0 Å². The van der Waals surface area contributed by atoms with Gasteiger partial charge in [-0.2, -0.15) is 0 Å². The summed E-state index contributed by atoms with van der Waals surface area (Å²) in [7, 11) is 0. The van der Waals surface area contributed by atoms with Gasteiger partial charge in [-0.25, -0.2) is 0 Å². The van der Waals surface area contributed by atoms with Crippen LogP contribution in [0.15, 0.2) is 90.0 Å². The zero-order valence-corrected chi connectivity index (χ0v) is 18.5. The highest BCUT2D eigenvalue weighted by Gasteiger charge is 2.35. The molecule has 0 aromatic heterocycles. The highest BCUT2D eigenvalue weighted by atomic mass is 16.6. The van der Waals surface area contributed by atoms with E-state index in [4.69, 9.17) is 10.5 Å². The third-order valence-electron chi connectivity index (χ3n) is 5.02. The summed E-state index contributed by atoms with van der Waals surface area (Å²) in [6, 6.07) is 17.1. The molecule has 0 saturated carbocycles. The van der Waals surface area contributed by atoms with Crippen LogP contribution in [0, 0.1) is 10.1 Å². The second-order valence-electron chi connectivity index (χ2n) is 8.70. The number of nitrogens with two attached hydrogens (primary N) is 1. The molecule has 2 aromatic rings. The molecule has 0 aliphatic heterocycles. The van der Waals surface area contributed by atoms with Crippen molar-refractivity contribution in [2.45, 2.75) is 44.9 Å². The van der Waals surface area contributed by atoms with Crippen molar-refractivity contribution in [3.63, 3.8) is 0 Å². The Morgan fingerprint density at radius 1 is 1.06 bits per heavy atom. The van der Waals surface area contributed by atoms with E-state index in [-0.39, 0.29) is 11.3 Å². The topological polar surface area (TPSA) is 95.5 Å². The summed E-state index contributed by atoms with van der Waals surface area (Å²) in [5.41, 5.74) is 8.96. The minimum Gasteiger partial charge on any atom is -0.459 e. The Kier molecular flexibility index (Phi) is 7.05. The molecule has 2 atom stereocenters. The van der Waals surface area contributed by atoms with Crippen molar-refractivity contribution < 1.29 is 14.5 Å². The van der Waals surface area contributed by atoms with Crippen molar-refractivity contribution in [1.82, 2.24) is 0 Å². The highest BCUT2D eigenvalue weighted by Crippen LogP contribution is 2.35. The van der Waals surface area contributed by atoms with Gasteiger partial charge in [-0.15, -0.1) is 0 Å². The van der Waals surface area contributed by atoms with Gasteiger partial charge in [-0.3, -0.25) is 14.9 Å². The molecule has 2 unspecified atom stereocenters. The molecule has 0 bridgehead atoms. The van der Waals surface area contributed by atoms with E-state index in [9.17, 15) is 14.9 Å². The summed E-state index contributed by atoms with van der Waals surface area (Å²) in [5.74, 6) is -0.577. The minimum atomic E-state index is -1.12. The van der Waals surface area contributed by atoms with Crippen LogP contribution in [0.2, 0.25) is 0 Å². The van der Waals surface area contributed by atoms with Gasteiger partial charge in [0.05, 0.1) is 0 Å². The normalized spacial score (nSPS) is 16.8. The van der Waals surface area contributed by atoms with E-state index >= 15 is 0 Å². The van der Waals surface area contributed by atoms with Crippen molar-refractivity contribution in [3.05, 3.63) is 111 Å². The molecular formula is C26H28N2O4. The summed E-state index contributed by atoms with van der Waals surface area (Å²) in [6.45, 7) is 5.27. The van der Waals surface area contributed by atoms with E-state index in [1.54, 1.807) is 39.0 Å². The van der Waals surface area contributed by atoms with E-state index in [0.29, 0.717) is 11.1 Å². The van der Waals surface area contributed by atoms with Gasteiger partial charge in [0.1, 0.15) is 11.6 Å². The SMILES string of the molecule is CC(C)(C)OC(=O)C(N)CC1=CC=CC(=C(c2ccccc2)c2ccccc2)C1[N+](=O)[O-]. The van der Waals surface area contributed by atoms with E-state index < -0.39 is 23.7 Å². The Bertz CT molecular complexity index is 1020. The average Bonchev–Trinajstić information content (AvgIpc) is 2.74. The van der Waals surface area contributed by atoms with E-state index in [0.717, 1.165) is 16.7 Å². The molecule has 6 nitrogen and oxygen atoms in total. The molecule has 166 valence electrons. The number of ether oxygens (including phenoxy) is 1. The summed E-state index contributed by atoms with van der Waals surface area (Å²) in [6.07, 6.45) is 5.25. The molecule has 0 spiro atoms. The molecule has 2 aromatic carbocycles. The van der Waals surface area contributed by atoms with Crippen LogP contribution < -0.4 is 5.73 Å². The number of hydrogen-bond donors (Lipinski definition) is 1. The molecule has 0 saturated heterocycles. The first-order valence-electron chi connectivity index (χ1n) is 10.5. The molecule has 0 fully saturated rings. The second-order valence-corrected chi connectivity index (χ2v) is 8.70. The number of rotatable bonds is 6. The molecular weight excluding hydrogens is 404 g/mol. The maximum absolute atomic E-state index is 12.4. The van der Waals surface area contributed by atoms with Crippen LogP contribution in [0.5, 0.6) is 0 Å². The number of benzene rings is 2. The molecule has 0 heterocycles. The van der Waals surface area contributed by atoms with Gasteiger partial charge in [-0.1, -0.05) is 78.9 Å². The lowest BCUT2D eigenvalue weighted by atomic mass is 9.83. The van der Waals surface area contributed by atoms with Crippen molar-refractivity contribution in [2.75, 3.05) is 0 Å². The lowest BCUT2D eigenvalue weighted by Crippen LogP contribution is -2.39. The third kappa shape index (κ3) is 5.59. The van der Waals surface area contributed by atoms with Crippen LogP contribution in [0.25, 0.3) is 5.57 Å². The predicted octanol–water partition coefficient (Wildman–Crippen LogP) is 4.69. The van der Waals surface area contributed by atoms with Gasteiger partial charge in [0, 0.05) is 22.5 Å². The maximum atomic E-state index is 12.4. The van der Waals surface area contributed by atoms with Gasteiger partial charge in [0.15, 0.2) is 0 Å². The molecule has 32 heavy (non-hydrogen) atoms. The van der Waals surface area contributed by atoms with Crippen LogP contribution in [-0.2, 0) is 9.53 Å². The zero-order valence-electron chi connectivity index (χ0n) is 18.5. The number of hydrogen-bond acceptors (Lipinski definition) is 5. The van der Waals surface area contributed by atoms with Crippen LogP contribution in [-0.4, -0.2) is 28.6 Å². The Morgan fingerprint density at radius 2 is 1.59 bits per heavy atom. The van der Waals surface area contributed by atoms with Crippen LogP contribution in [0.4, 0.5) is 0 Å². The number of esters is 1. The van der Waals surface area contributed by atoms with Gasteiger partial charge >= 0.3 is 5.97 Å². The van der Waals surface area contributed by atoms with Gasteiger partial charge in [-0.05, 0) is 37.5 Å². The van der Waals surface area contributed by atoms with Crippen LogP contribution in [0.1, 0.15) is 38.3 Å². The smallest absolute Gasteiger partial charge is 0.323 e. The van der Waals surface area contributed by atoms with Crippen molar-refractivity contribution >= 4 is 11.5 Å². The van der Waals surface area contributed by atoms with Gasteiger partial charge < -0.3 is 10.5 Å². The lowest BCUT2D eigenvalue weighted by Gasteiger charge is -2.25. The molecule has 2 N–H and O–H groups in total. The summed E-state index contributed by atoms with van der Waals surface area (Å²) in [5, 5.41) is 12.3. The number of allylic oxidation sites excluding steroid dienone is 2. The summed E-state index contributed by atoms with van der Waals surface area (Å²) < 4.78 is 5.36. The summed E-state index contributed by atoms with van der Waals surface area (Å²) in [4.78, 5) is 24.3. The fourth-order valence-corrected chi connectivity index (χ4v) is 3.73. The van der Waals surface area contributed by atoms with E-state index in [1.807, 2.05) is 60.7 Å². The first-order valence-corrected chi connectivity index (χ1v) is 10.5. The molecule has 1 aliphatic carbocycles. The molecule has 6 heteroatoms. The fourth-order valence-electron chi connectivity index (χ4n) is 3.73. The molecule has 1 aliphatic rings. The molecule has 3 rings (SSSR count). The summed E-state index contributed by atoms with van der Waals surface area (Å²) >= 11 is 0. The van der Waals surface area contributed by atoms with Crippen molar-refractivity contribution in [1.29, 1.82) is 0 Å². The number of nitro groups is 1. The molecule has 0 radical (unpaired) electrons. The Labute approximate surface area is 188 Å². The Balaban J connectivity index is 2.05. The first-order chi connectivity index (χ1) is 15.2.